The number of carbonyl (C=O) groups is 1. The van der Waals surface area contributed by atoms with Crippen LogP contribution in [0.5, 0.6) is 0 Å². The zero-order valence-electron chi connectivity index (χ0n) is 14.5. The third-order valence-electron chi connectivity index (χ3n) is 4.74. The first-order chi connectivity index (χ1) is 13.5. The molecule has 3 aromatic rings. The smallest absolute Gasteiger partial charge is 0.326 e. The van der Waals surface area contributed by atoms with Crippen LogP contribution in [0.2, 0.25) is 15.1 Å². The van der Waals surface area contributed by atoms with E-state index in [-0.39, 0.29) is 12.6 Å². The van der Waals surface area contributed by atoms with Crippen molar-refractivity contribution in [1.82, 2.24) is 5.32 Å². The van der Waals surface area contributed by atoms with Crippen molar-refractivity contribution in [2.45, 2.75) is 13.2 Å². The molecular weight excluding hydrogens is 419 g/mol. The van der Waals surface area contributed by atoms with Crippen LogP contribution in [0.3, 0.4) is 0 Å². The molecule has 0 aliphatic carbocycles. The van der Waals surface area contributed by atoms with E-state index in [0.717, 1.165) is 16.7 Å². The number of nitrogens with zero attached hydrogens (tertiary/aromatic N) is 1. The molecule has 0 spiro atoms. The van der Waals surface area contributed by atoms with Crippen molar-refractivity contribution in [3.63, 3.8) is 0 Å². The molecule has 4 nitrogen and oxygen atoms in total. The number of fused-ring (bicyclic) bond motifs is 1. The van der Waals surface area contributed by atoms with Crippen molar-refractivity contribution in [3.05, 3.63) is 80.8 Å². The minimum absolute atomic E-state index is 0.189. The van der Waals surface area contributed by atoms with Crippen LogP contribution in [0.15, 0.2) is 54.6 Å². The molecule has 1 aliphatic rings. The number of aliphatic hydroxyl groups is 1. The van der Waals surface area contributed by atoms with Gasteiger partial charge in [0.15, 0.2) is 0 Å². The quantitative estimate of drug-likeness (QED) is 0.519. The Balaban J connectivity index is 1.95. The highest BCUT2D eigenvalue weighted by atomic mass is 35.5. The van der Waals surface area contributed by atoms with Gasteiger partial charge in [0.25, 0.3) is 0 Å². The van der Waals surface area contributed by atoms with Gasteiger partial charge >= 0.3 is 6.03 Å². The van der Waals surface area contributed by atoms with Crippen LogP contribution in [0.1, 0.15) is 11.1 Å². The van der Waals surface area contributed by atoms with Crippen LogP contribution in [0, 0.1) is 0 Å². The maximum Gasteiger partial charge on any atom is 0.326 e. The first kappa shape index (κ1) is 19.1. The van der Waals surface area contributed by atoms with Gasteiger partial charge in [0, 0.05) is 22.7 Å². The third kappa shape index (κ3) is 3.12. The van der Waals surface area contributed by atoms with Crippen LogP contribution in [0.4, 0.5) is 16.2 Å². The predicted octanol–water partition coefficient (Wildman–Crippen LogP) is 6.17. The fraction of sp³-hybridized carbons (Fsp3) is 0.0952. The zero-order valence-corrected chi connectivity index (χ0v) is 16.8. The average molecular weight is 434 g/mol. The normalized spacial score (nSPS) is 13.3. The summed E-state index contributed by atoms with van der Waals surface area (Å²) >= 11 is 19.0. The Morgan fingerprint density at radius 1 is 0.893 bits per heavy atom. The molecule has 2 N–H and O–H groups in total. The molecule has 0 fully saturated rings. The Bertz CT molecular complexity index is 1060. The van der Waals surface area contributed by atoms with Gasteiger partial charge in [-0.25, -0.2) is 4.79 Å². The molecule has 0 bridgehead atoms. The van der Waals surface area contributed by atoms with E-state index >= 15 is 0 Å². The lowest BCUT2D eigenvalue weighted by atomic mass is 9.93. The molecular formula is C21H15Cl3N2O2. The van der Waals surface area contributed by atoms with Gasteiger partial charge in [-0.2, -0.15) is 0 Å². The van der Waals surface area contributed by atoms with Gasteiger partial charge < -0.3 is 10.4 Å². The largest absolute Gasteiger partial charge is 0.392 e. The van der Waals surface area contributed by atoms with Gasteiger partial charge in [0.1, 0.15) is 0 Å². The van der Waals surface area contributed by atoms with Crippen LogP contribution in [-0.2, 0) is 13.2 Å². The number of urea groups is 1. The highest BCUT2D eigenvalue weighted by molar-refractivity contribution is 6.40. The Labute approximate surface area is 177 Å². The van der Waals surface area contributed by atoms with Crippen molar-refractivity contribution in [1.29, 1.82) is 0 Å². The van der Waals surface area contributed by atoms with E-state index in [1.54, 1.807) is 24.3 Å². The second-order valence-corrected chi connectivity index (χ2v) is 7.51. The Hall–Kier alpha value is -2.24. The second kappa shape index (κ2) is 7.64. The lowest BCUT2D eigenvalue weighted by Crippen LogP contribution is -2.41. The summed E-state index contributed by atoms with van der Waals surface area (Å²) in [5.41, 5.74) is 4.31. The fourth-order valence-corrected chi connectivity index (χ4v) is 4.27. The molecule has 2 amide bonds. The molecule has 0 aromatic heterocycles. The first-order valence-corrected chi connectivity index (χ1v) is 9.68. The molecule has 0 atom stereocenters. The zero-order chi connectivity index (χ0) is 19.8. The number of hydrogen-bond donors (Lipinski definition) is 2. The number of amides is 2. The average Bonchev–Trinajstić information content (AvgIpc) is 2.68. The fourth-order valence-electron chi connectivity index (χ4n) is 3.47. The summed E-state index contributed by atoms with van der Waals surface area (Å²) in [7, 11) is 0. The van der Waals surface area contributed by atoms with E-state index in [2.05, 4.69) is 5.32 Å². The van der Waals surface area contributed by atoms with Gasteiger partial charge in [0.05, 0.1) is 28.0 Å². The van der Waals surface area contributed by atoms with Gasteiger partial charge in [-0.05, 0) is 35.4 Å². The van der Waals surface area contributed by atoms with Crippen LogP contribution in [-0.4, -0.2) is 11.1 Å². The molecule has 0 saturated heterocycles. The SMILES string of the molecule is O=C1NCc2c(-c3cccc(Cl)c3CO)cccc2N1c1c(Cl)cccc1Cl. The number of para-hydroxylation sites is 1. The Morgan fingerprint density at radius 3 is 2.21 bits per heavy atom. The topological polar surface area (TPSA) is 52.6 Å². The number of carbonyl (C=O) groups excluding carboxylic acids is 1. The van der Waals surface area contributed by atoms with E-state index in [1.807, 2.05) is 30.3 Å². The van der Waals surface area contributed by atoms with Gasteiger partial charge in [-0.3, -0.25) is 4.90 Å². The molecule has 7 heteroatoms. The summed E-state index contributed by atoms with van der Waals surface area (Å²) in [5, 5.41) is 13.9. The van der Waals surface area contributed by atoms with Crippen LogP contribution < -0.4 is 10.2 Å². The minimum Gasteiger partial charge on any atom is -0.392 e. The van der Waals surface area contributed by atoms with Crippen molar-refractivity contribution >= 4 is 52.2 Å². The molecule has 4 rings (SSSR count). The van der Waals surface area contributed by atoms with Crippen molar-refractivity contribution in [2.75, 3.05) is 4.90 Å². The monoisotopic (exact) mass is 432 g/mol. The Morgan fingerprint density at radius 2 is 1.50 bits per heavy atom. The van der Waals surface area contributed by atoms with Crippen LogP contribution in [0.25, 0.3) is 11.1 Å². The number of halogens is 3. The standard InChI is InChI=1S/C21H15Cl3N2O2/c22-16-6-1-4-13(15(16)11-27)12-5-2-9-19-14(12)10-25-21(28)26(19)20-17(23)7-3-8-18(20)24/h1-9,27H,10-11H2,(H,25,28). The van der Waals surface area contributed by atoms with Crippen LogP contribution >= 0.6 is 34.8 Å². The number of benzene rings is 3. The summed E-state index contributed by atoms with van der Waals surface area (Å²) in [5.74, 6) is 0. The highest BCUT2D eigenvalue weighted by Gasteiger charge is 2.30. The third-order valence-corrected chi connectivity index (χ3v) is 5.70. The number of rotatable bonds is 3. The van der Waals surface area contributed by atoms with Crippen molar-refractivity contribution < 1.29 is 9.90 Å². The number of hydrogen-bond acceptors (Lipinski definition) is 2. The molecule has 1 heterocycles. The first-order valence-electron chi connectivity index (χ1n) is 8.55. The molecule has 0 saturated carbocycles. The van der Waals surface area contributed by atoms with E-state index in [1.165, 1.54) is 4.90 Å². The van der Waals surface area contributed by atoms with Gasteiger partial charge in [0.2, 0.25) is 0 Å². The molecule has 0 radical (unpaired) electrons. The lowest BCUT2D eigenvalue weighted by Gasteiger charge is -2.32. The van der Waals surface area contributed by atoms with Gasteiger partial charge in [-0.1, -0.05) is 65.1 Å². The van der Waals surface area contributed by atoms with E-state index in [9.17, 15) is 9.90 Å². The van der Waals surface area contributed by atoms with E-state index < -0.39 is 0 Å². The number of nitrogens with one attached hydrogen (secondary N) is 1. The van der Waals surface area contributed by atoms with E-state index in [4.69, 9.17) is 34.8 Å². The van der Waals surface area contributed by atoms with E-state index in [0.29, 0.717) is 38.6 Å². The summed E-state index contributed by atoms with van der Waals surface area (Å²) < 4.78 is 0. The predicted molar refractivity (Wildman–Crippen MR) is 114 cm³/mol. The molecule has 28 heavy (non-hydrogen) atoms. The maximum atomic E-state index is 12.7. The summed E-state index contributed by atoms with van der Waals surface area (Å²) in [6.45, 7) is 0.144. The van der Waals surface area contributed by atoms with Crippen molar-refractivity contribution in [2.24, 2.45) is 0 Å². The molecule has 3 aromatic carbocycles. The minimum atomic E-state index is -0.312. The molecule has 0 unspecified atom stereocenters. The second-order valence-electron chi connectivity index (χ2n) is 6.29. The number of anilines is 2. The molecule has 1 aliphatic heterocycles. The lowest BCUT2D eigenvalue weighted by molar-refractivity contribution is 0.247. The number of aliphatic hydroxyl groups excluding tert-OH is 1. The Kier molecular flexibility index (Phi) is 5.21. The summed E-state index contributed by atoms with van der Waals surface area (Å²) in [6.07, 6.45) is 0. The summed E-state index contributed by atoms with van der Waals surface area (Å²) in [6, 6.07) is 15.9. The van der Waals surface area contributed by atoms with Crippen molar-refractivity contribution in [3.8, 4) is 11.1 Å². The van der Waals surface area contributed by atoms with Gasteiger partial charge in [-0.15, -0.1) is 0 Å². The highest BCUT2D eigenvalue weighted by Crippen LogP contribution is 2.43. The summed E-state index contributed by atoms with van der Waals surface area (Å²) in [4.78, 5) is 14.2. The maximum absolute atomic E-state index is 12.7. The molecule has 142 valence electrons.